The SMILES string of the molecule is CCNC(=NCCCN1CCOCC1)NCCCN1CCN(c2ccccc2)CC1.I. The molecule has 176 valence electrons. The van der Waals surface area contributed by atoms with Crippen LogP contribution in [-0.2, 0) is 4.74 Å². The van der Waals surface area contributed by atoms with Gasteiger partial charge in [0.25, 0.3) is 0 Å². The number of benzene rings is 1. The lowest BCUT2D eigenvalue weighted by molar-refractivity contribution is 0.0377. The Labute approximate surface area is 205 Å². The summed E-state index contributed by atoms with van der Waals surface area (Å²) in [5.74, 6) is 0.952. The third kappa shape index (κ3) is 9.93. The molecule has 0 bridgehead atoms. The fourth-order valence-corrected chi connectivity index (χ4v) is 4.03. The normalized spacial score (nSPS) is 18.5. The molecule has 2 N–H and O–H groups in total. The Morgan fingerprint density at radius 1 is 0.903 bits per heavy atom. The number of guanidine groups is 1. The topological polar surface area (TPSA) is 55.4 Å². The second-order valence-electron chi connectivity index (χ2n) is 8.01. The number of nitrogens with zero attached hydrogens (tertiary/aromatic N) is 4. The summed E-state index contributed by atoms with van der Waals surface area (Å²) in [5.41, 5.74) is 1.35. The molecule has 0 aromatic heterocycles. The van der Waals surface area contributed by atoms with Gasteiger partial charge in [-0.05, 0) is 38.4 Å². The number of nitrogens with one attached hydrogen (secondary N) is 2. The molecule has 0 spiro atoms. The summed E-state index contributed by atoms with van der Waals surface area (Å²) in [4.78, 5) is 12.3. The second kappa shape index (κ2) is 15.7. The second-order valence-corrected chi connectivity index (χ2v) is 8.01. The third-order valence-corrected chi connectivity index (χ3v) is 5.79. The van der Waals surface area contributed by atoms with Gasteiger partial charge in [0.15, 0.2) is 5.96 Å². The van der Waals surface area contributed by atoms with Gasteiger partial charge in [-0.3, -0.25) is 14.8 Å². The van der Waals surface area contributed by atoms with E-state index in [0.717, 1.165) is 104 Å². The van der Waals surface area contributed by atoms with E-state index in [-0.39, 0.29) is 24.0 Å². The smallest absolute Gasteiger partial charge is 0.191 e. The average molecular weight is 545 g/mol. The largest absolute Gasteiger partial charge is 0.379 e. The highest BCUT2D eigenvalue weighted by molar-refractivity contribution is 14.0. The van der Waals surface area contributed by atoms with Crippen molar-refractivity contribution < 1.29 is 4.74 Å². The first-order valence-corrected chi connectivity index (χ1v) is 11.7. The summed E-state index contributed by atoms with van der Waals surface area (Å²) in [6.07, 6.45) is 2.24. The van der Waals surface area contributed by atoms with Crippen molar-refractivity contribution >= 4 is 35.6 Å². The van der Waals surface area contributed by atoms with Crippen LogP contribution in [0.3, 0.4) is 0 Å². The van der Waals surface area contributed by atoms with E-state index in [2.05, 4.69) is 62.6 Å². The van der Waals surface area contributed by atoms with Crippen LogP contribution in [0, 0.1) is 0 Å². The van der Waals surface area contributed by atoms with Gasteiger partial charge >= 0.3 is 0 Å². The quantitative estimate of drug-likeness (QED) is 0.204. The highest BCUT2D eigenvalue weighted by Gasteiger charge is 2.16. The summed E-state index contributed by atoms with van der Waals surface area (Å²) in [6.45, 7) is 15.5. The predicted octanol–water partition coefficient (Wildman–Crippen LogP) is 2.09. The van der Waals surface area contributed by atoms with E-state index in [1.165, 1.54) is 5.69 Å². The van der Waals surface area contributed by atoms with E-state index in [0.29, 0.717) is 0 Å². The molecule has 0 unspecified atom stereocenters. The van der Waals surface area contributed by atoms with E-state index in [1.807, 2.05) is 0 Å². The monoisotopic (exact) mass is 544 g/mol. The molecule has 31 heavy (non-hydrogen) atoms. The van der Waals surface area contributed by atoms with Crippen LogP contribution in [0.15, 0.2) is 35.3 Å². The summed E-state index contributed by atoms with van der Waals surface area (Å²) < 4.78 is 5.41. The van der Waals surface area contributed by atoms with Gasteiger partial charge in [-0.1, -0.05) is 18.2 Å². The van der Waals surface area contributed by atoms with Crippen molar-refractivity contribution in [3.8, 4) is 0 Å². The molecule has 7 nitrogen and oxygen atoms in total. The molecule has 1 aromatic rings. The fraction of sp³-hybridized carbons (Fsp3) is 0.696. The molecule has 0 atom stereocenters. The van der Waals surface area contributed by atoms with Crippen molar-refractivity contribution in [3.63, 3.8) is 0 Å². The zero-order valence-electron chi connectivity index (χ0n) is 19.1. The van der Waals surface area contributed by atoms with Crippen LogP contribution in [-0.4, -0.2) is 101 Å². The van der Waals surface area contributed by atoms with E-state index in [4.69, 9.17) is 9.73 Å². The van der Waals surface area contributed by atoms with Crippen molar-refractivity contribution in [3.05, 3.63) is 30.3 Å². The van der Waals surface area contributed by atoms with Gasteiger partial charge < -0.3 is 20.3 Å². The van der Waals surface area contributed by atoms with Crippen LogP contribution in [0.25, 0.3) is 0 Å². The number of hydrogen-bond donors (Lipinski definition) is 2. The van der Waals surface area contributed by atoms with Crippen LogP contribution in [0.4, 0.5) is 5.69 Å². The molecular weight excluding hydrogens is 503 g/mol. The maximum Gasteiger partial charge on any atom is 0.191 e. The molecule has 2 aliphatic rings. The Morgan fingerprint density at radius 3 is 2.29 bits per heavy atom. The van der Waals surface area contributed by atoms with Gasteiger partial charge in [-0.2, -0.15) is 0 Å². The average Bonchev–Trinajstić information content (AvgIpc) is 2.81. The minimum Gasteiger partial charge on any atom is -0.379 e. The number of halogens is 1. The minimum atomic E-state index is 0. The van der Waals surface area contributed by atoms with Gasteiger partial charge in [0, 0.05) is 71.1 Å². The van der Waals surface area contributed by atoms with Crippen LogP contribution >= 0.6 is 24.0 Å². The predicted molar refractivity (Wildman–Crippen MR) is 141 cm³/mol. The number of aliphatic imine (C=N–C) groups is 1. The van der Waals surface area contributed by atoms with E-state index in [9.17, 15) is 0 Å². The van der Waals surface area contributed by atoms with Gasteiger partial charge in [0.1, 0.15) is 0 Å². The van der Waals surface area contributed by atoms with Crippen molar-refractivity contribution in [2.75, 3.05) is 90.1 Å². The fourth-order valence-electron chi connectivity index (χ4n) is 4.03. The molecule has 0 radical (unpaired) electrons. The van der Waals surface area contributed by atoms with Crippen LogP contribution in [0.5, 0.6) is 0 Å². The molecule has 2 fully saturated rings. The number of ether oxygens (including phenoxy) is 1. The van der Waals surface area contributed by atoms with E-state index >= 15 is 0 Å². The molecule has 0 saturated carbocycles. The van der Waals surface area contributed by atoms with Gasteiger partial charge in [-0.15, -0.1) is 24.0 Å². The number of hydrogen-bond acceptors (Lipinski definition) is 5. The highest BCUT2D eigenvalue weighted by Crippen LogP contribution is 2.15. The molecule has 3 rings (SSSR count). The van der Waals surface area contributed by atoms with Crippen molar-refractivity contribution in [2.24, 2.45) is 4.99 Å². The summed E-state index contributed by atoms with van der Waals surface area (Å²) in [7, 11) is 0. The number of para-hydroxylation sites is 1. The van der Waals surface area contributed by atoms with Gasteiger partial charge in [0.05, 0.1) is 13.2 Å². The Morgan fingerprint density at radius 2 is 1.58 bits per heavy atom. The first-order chi connectivity index (χ1) is 14.8. The molecule has 2 heterocycles. The Hall–Kier alpha value is -1.10. The lowest BCUT2D eigenvalue weighted by Crippen LogP contribution is -2.47. The summed E-state index contributed by atoms with van der Waals surface area (Å²) in [5, 5.41) is 6.87. The molecule has 0 amide bonds. The van der Waals surface area contributed by atoms with E-state index in [1.54, 1.807) is 0 Å². The van der Waals surface area contributed by atoms with Crippen LogP contribution in [0.1, 0.15) is 19.8 Å². The molecule has 8 heteroatoms. The first-order valence-electron chi connectivity index (χ1n) is 11.7. The maximum absolute atomic E-state index is 5.41. The molecule has 2 aliphatic heterocycles. The molecule has 1 aromatic carbocycles. The van der Waals surface area contributed by atoms with Crippen molar-refractivity contribution in [1.29, 1.82) is 0 Å². The Bertz CT molecular complexity index is 603. The molecule has 0 aliphatic carbocycles. The van der Waals surface area contributed by atoms with Gasteiger partial charge in [-0.25, -0.2) is 0 Å². The standard InChI is InChI=1S/C23H40N6O.HI/c1-2-24-23(26-11-7-13-28-18-20-30-21-19-28)25-10-6-12-27-14-16-29(17-15-27)22-8-4-3-5-9-22;/h3-5,8-9H,2,6-7,10-21H2,1H3,(H2,24,25,26);1H. The van der Waals surface area contributed by atoms with Crippen LogP contribution < -0.4 is 15.5 Å². The van der Waals surface area contributed by atoms with Crippen molar-refractivity contribution in [2.45, 2.75) is 19.8 Å². The summed E-state index contributed by atoms with van der Waals surface area (Å²) in [6, 6.07) is 10.8. The Balaban J connectivity index is 0.00000341. The lowest BCUT2D eigenvalue weighted by Gasteiger charge is -2.36. The van der Waals surface area contributed by atoms with Crippen LogP contribution in [0.2, 0.25) is 0 Å². The zero-order valence-corrected chi connectivity index (χ0v) is 21.4. The third-order valence-electron chi connectivity index (χ3n) is 5.79. The minimum absolute atomic E-state index is 0. The molecular formula is C23H41IN6O. The number of morpholine rings is 1. The zero-order chi connectivity index (χ0) is 20.9. The number of piperazine rings is 1. The maximum atomic E-state index is 5.41. The summed E-state index contributed by atoms with van der Waals surface area (Å²) >= 11 is 0. The lowest BCUT2D eigenvalue weighted by atomic mass is 10.2. The Kier molecular flexibility index (Phi) is 13.2. The van der Waals surface area contributed by atoms with E-state index < -0.39 is 0 Å². The van der Waals surface area contributed by atoms with Crippen molar-refractivity contribution in [1.82, 2.24) is 20.4 Å². The number of rotatable bonds is 10. The highest BCUT2D eigenvalue weighted by atomic mass is 127. The number of anilines is 1. The van der Waals surface area contributed by atoms with Gasteiger partial charge in [0.2, 0.25) is 0 Å². The first kappa shape index (κ1) is 26.2. The molecule has 2 saturated heterocycles.